The highest BCUT2D eigenvalue weighted by Crippen LogP contribution is 2.27. The van der Waals surface area contributed by atoms with Crippen LogP contribution in [0.1, 0.15) is 13.8 Å². The van der Waals surface area contributed by atoms with Gasteiger partial charge in [0.2, 0.25) is 10.0 Å². The highest BCUT2D eigenvalue weighted by atomic mass is 35.5. The van der Waals surface area contributed by atoms with Crippen LogP contribution < -0.4 is 0 Å². The van der Waals surface area contributed by atoms with Crippen LogP contribution in [0.2, 0.25) is 5.15 Å². The Balaban J connectivity index is 3.26. The summed E-state index contributed by atoms with van der Waals surface area (Å²) in [6, 6.07) is 1.56. The van der Waals surface area contributed by atoms with Gasteiger partial charge in [0.1, 0.15) is 16.6 Å². The van der Waals surface area contributed by atoms with E-state index in [1.54, 1.807) is 0 Å². The van der Waals surface area contributed by atoms with Gasteiger partial charge in [-0.2, -0.15) is 17.5 Å². The van der Waals surface area contributed by atoms with E-state index < -0.39 is 33.7 Å². The summed E-state index contributed by atoms with van der Waals surface area (Å²) >= 11 is 5.63. The molecule has 1 aromatic rings. The fourth-order valence-electron chi connectivity index (χ4n) is 1.41. The highest BCUT2D eigenvalue weighted by Gasteiger charge is 2.39. The predicted octanol–water partition coefficient (Wildman–Crippen LogP) is 2.70. The third-order valence-electron chi connectivity index (χ3n) is 2.22. The summed E-state index contributed by atoms with van der Waals surface area (Å²) < 4.78 is 62.1. The predicted molar refractivity (Wildman–Crippen MR) is 64.3 cm³/mol. The molecular weight excluding hydrogens is 305 g/mol. The quantitative estimate of drug-likeness (QED) is 0.803. The van der Waals surface area contributed by atoms with Crippen LogP contribution in [-0.4, -0.2) is 36.5 Å². The summed E-state index contributed by atoms with van der Waals surface area (Å²) in [7, 11) is -4.35. The molecule has 0 N–H and O–H groups in total. The fourth-order valence-corrected chi connectivity index (χ4v) is 3.46. The molecule has 4 nitrogen and oxygen atoms in total. The second kappa shape index (κ2) is 5.64. The van der Waals surface area contributed by atoms with Gasteiger partial charge in [0, 0.05) is 12.2 Å². The maximum absolute atomic E-state index is 12.5. The second-order valence-electron chi connectivity index (χ2n) is 4.05. The summed E-state index contributed by atoms with van der Waals surface area (Å²) in [4.78, 5) is 3.13. The molecule has 1 aromatic heterocycles. The van der Waals surface area contributed by atoms with Crippen molar-refractivity contribution < 1.29 is 21.6 Å². The zero-order chi connectivity index (χ0) is 14.8. The maximum Gasteiger partial charge on any atom is 0.402 e. The molecule has 1 heterocycles. The topological polar surface area (TPSA) is 50.3 Å². The highest BCUT2D eigenvalue weighted by molar-refractivity contribution is 7.89. The van der Waals surface area contributed by atoms with Crippen LogP contribution in [0.5, 0.6) is 0 Å². The first kappa shape index (κ1) is 16.2. The lowest BCUT2D eigenvalue weighted by molar-refractivity contribution is -0.138. The Morgan fingerprint density at radius 2 is 2.00 bits per heavy atom. The molecule has 0 atom stereocenters. The molecule has 0 aliphatic carbocycles. The monoisotopic (exact) mass is 316 g/mol. The van der Waals surface area contributed by atoms with Crippen molar-refractivity contribution in [2.45, 2.75) is 31.0 Å². The minimum atomic E-state index is -4.63. The molecule has 0 amide bonds. The van der Waals surface area contributed by atoms with Crippen molar-refractivity contribution >= 4 is 21.6 Å². The van der Waals surface area contributed by atoms with Gasteiger partial charge in [0.25, 0.3) is 0 Å². The van der Waals surface area contributed by atoms with Gasteiger partial charge in [-0.3, -0.25) is 0 Å². The number of rotatable bonds is 4. The molecule has 0 fully saturated rings. The number of alkyl halides is 3. The van der Waals surface area contributed by atoms with Crippen molar-refractivity contribution in [3.05, 3.63) is 23.5 Å². The van der Waals surface area contributed by atoms with Crippen molar-refractivity contribution in [2.24, 2.45) is 0 Å². The van der Waals surface area contributed by atoms with Gasteiger partial charge in [0.05, 0.1) is 0 Å². The molecular formula is C10H12ClF3N2O2S. The molecule has 0 aliphatic rings. The number of sulfonamides is 1. The number of halogens is 4. The molecule has 19 heavy (non-hydrogen) atoms. The summed E-state index contributed by atoms with van der Waals surface area (Å²) in [5.74, 6) is 0. The van der Waals surface area contributed by atoms with E-state index >= 15 is 0 Å². The third-order valence-corrected chi connectivity index (χ3v) is 4.69. The zero-order valence-electron chi connectivity index (χ0n) is 10.1. The largest absolute Gasteiger partial charge is 0.402 e. The van der Waals surface area contributed by atoms with E-state index in [-0.39, 0.29) is 5.15 Å². The lowest BCUT2D eigenvalue weighted by Gasteiger charge is -2.26. The molecule has 0 saturated carbocycles. The Bertz CT molecular complexity index is 546. The first-order chi connectivity index (χ1) is 8.55. The Hall–Kier alpha value is -0.860. The molecule has 0 bridgehead atoms. The minimum Gasteiger partial charge on any atom is -0.243 e. The average molecular weight is 317 g/mol. The average Bonchev–Trinajstić information content (AvgIpc) is 2.24. The van der Waals surface area contributed by atoms with Gasteiger partial charge in [-0.15, -0.1) is 0 Å². The van der Waals surface area contributed by atoms with Crippen LogP contribution in [0.3, 0.4) is 0 Å². The van der Waals surface area contributed by atoms with E-state index in [1.165, 1.54) is 26.1 Å². The molecule has 1 rings (SSSR count). The van der Waals surface area contributed by atoms with Crippen molar-refractivity contribution in [2.75, 3.05) is 6.54 Å². The Morgan fingerprint density at radius 1 is 1.42 bits per heavy atom. The summed E-state index contributed by atoms with van der Waals surface area (Å²) in [6.07, 6.45) is -3.38. The van der Waals surface area contributed by atoms with Crippen LogP contribution in [0, 0.1) is 0 Å². The fraction of sp³-hybridized carbons (Fsp3) is 0.500. The molecule has 108 valence electrons. The Kier molecular flexibility index (Phi) is 4.81. The molecule has 0 aliphatic heterocycles. The molecule has 0 saturated heterocycles. The SMILES string of the molecule is CC(C)N(CC(F)(F)F)S(=O)(=O)c1cccnc1Cl. The standard InChI is InChI=1S/C10H12ClF3N2O2S/c1-7(2)16(6-10(12,13)14)19(17,18)8-4-3-5-15-9(8)11/h3-5,7H,6H2,1-2H3. The zero-order valence-corrected chi connectivity index (χ0v) is 11.7. The molecule has 0 unspecified atom stereocenters. The number of hydrogen-bond donors (Lipinski definition) is 0. The minimum absolute atomic E-state index is 0.343. The van der Waals surface area contributed by atoms with Crippen LogP contribution in [0.4, 0.5) is 13.2 Å². The van der Waals surface area contributed by atoms with Gasteiger partial charge in [-0.25, -0.2) is 13.4 Å². The smallest absolute Gasteiger partial charge is 0.243 e. The van der Waals surface area contributed by atoms with Gasteiger partial charge >= 0.3 is 6.18 Å². The number of aromatic nitrogens is 1. The van der Waals surface area contributed by atoms with Crippen LogP contribution in [0.15, 0.2) is 23.2 Å². The number of hydrogen-bond acceptors (Lipinski definition) is 3. The second-order valence-corrected chi connectivity index (χ2v) is 6.27. The Morgan fingerprint density at radius 3 is 2.42 bits per heavy atom. The molecule has 0 radical (unpaired) electrons. The van der Waals surface area contributed by atoms with Crippen LogP contribution in [-0.2, 0) is 10.0 Å². The van der Waals surface area contributed by atoms with Crippen molar-refractivity contribution in [1.29, 1.82) is 0 Å². The van der Waals surface area contributed by atoms with Crippen LogP contribution in [0.25, 0.3) is 0 Å². The molecule has 0 spiro atoms. The first-order valence-corrected chi connectivity index (χ1v) is 7.06. The van der Waals surface area contributed by atoms with Gasteiger partial charge in [0.15, 0.2) is 0 Å². The maximum atomic E-state index is 12.5. The number of pyridine rings is 1. The normalized spacial score (nSPS) is 13.3. The van der Waals surface area contributed by atoms with E-state index in [0.29, 0.717) is 4.31 Å². The third kappa shape index (κ3) is 4.05. The van der Waals surface area contributed by atoms with E-state index in [9.17, 15) is 21.6 Å². The first-order valence-electron chi connectivity index (χ1n) is 5.25. The molecule has 0 aromatic carbocycles. The Labute approximate surface area is 114 Å². The lowest BCUT2D eigenvalue weighted by Crippen LogP contribution is -2.43. The summed E-state index contributed by atoms with van der Waals surface area (Å²) in [5.41, 5.74) is 0. The van der Waals surface area contributed by atoms with E-state index in [4.69, 9.17) is 11.6 Å². The number of nitrogens with zero attached hydrogens (tertiary/aromatic N) is 2. The lowest BCUT2D eigenvalue weighted by atomic mass is 10.4. The van der Waals surface area contributed by atoms with Crippen molar-refractivity contribution in [3.8, 4) is 0 Å². The molecule has 9 heteroatoms. The summed E-state index contributed by atoms with van der Waals surface area (Å²) in [5, 5.41) is -0.352. The van der Waals surface area contributed by atoms with Crippen LogP contribution >= 0.6 is 11.6 Å². The van der Waals surface area contributed by atoms with Gasteiger partial charge in [-0.05, 0) is 26.0 Å². The van der Waals surface area contributed by atoms with E-state index in [2.05, 4.69) is 4.98 Å². The van der Waals surface area contributed by atoms with Crippen molar-refractivity contribution in [3.63, 3.8) is 0 Å². The van der Waals surface area contributed by atoms with E-state index in [1.807, 2.05) is 0 Å². The van der Waals surface area contributed by atoms with Gasteiger partial charge in [-0.1, -0.05) is 11.6 Å². The van der Waals surface area contributed by atoms with Crippen molar-refractivity contribution in [1.82, 2.24) is 9.29 Å². The van der Waals surface area contributed by atoms with E-state index in [0.717, 1.165) is 6.07 Å². The van der Waals surface area contributed by atoms with Gasteiger partial charge < -0.3 is 0 Å². The summed E-state index contributed by atoms with van der Waals surface area (Å²) in [6.45, 7) is 1.14.